The van der Waals surface area contributed by atoms with Crippen LogP contribution in [0.1, 0.15) is 17.5 Å². The molecule has 1 aliphatic rings. The van der Waals surface area contributed by atoms with Crippen LogP contribution in [0.15, 0.2) is 30.6 Å². The Morgan fingerprint density at radius 3 is 3.00 bits per heavy atom. The minimum absolute atomic E-state index is 0.0764. The van der Waals surface area contributed by atoms with Gasteiger partial charge in [0.15, 0.2) is 5.82 Å². The van der Waals surface area contributed by atoms with E-state index in [0.29, 0.717) is 16.9 Å². The fourth-order valence-electron chi connectivity index (χ4n) is 3.20. The summed E-state index contributed by atoms with van der Waals surface area (Å²) in [5.74, 6) is 0.583. The molecule has 0 atom stereocenters. The van der Waals surface area contributed by atoms with Gasteiger partial charge in [-0.05, 0) is 24.0 Å². The van der Waals surface area contributed by atoms with Gasteiger partial charge < -0.3 is 10.4 Å². The summed E-state index contributed by atoms with van der Waals surface area (Å²) in [5.41, 5.74) is 4.01. The van der Waals surface area contributed by atoms with Gasteiger partial charge in [-0.25, -0.2) is 9.97 Å². The first-order valence-corrected chi connectivity index (χ1v) is 8.22. The smallest absolute Gasteiger partial charge is 0.240 e. The number of aromatic nitrogens is 4. The lowest BCUT2D eigenvalue weighted by molar-refractivity contribution is 0.253. The van der Waals surface area contributed by atoms with Crippen LogP contribution >= 0.6 is 0 Å². The van der Waals surface area contributed by atoms with Crippen molar-refractivity contribution in [3.05, 3.63) is 41.7 Å². The number of nitrogens with zero attached hydrogens (tertiary/aromatic N) is 4. The van der Waals surface area contributed by atoms with Crippen molar-refractivity contribution in [2.75, 3.05) is 25.0 Å². The Labute approximate surface area is 139 Å². The fourth-order valence-corrected chi connectivity index (χ4v) is 3.20. The standard InChI is InChI=1S/C17H20N6O/c24-17-15-14(19-11-20-17)16(22-21-15)18-7-3-8-23-9-6-12-4-1-2-5-13(12)10-23/h1-2,4-5,11H,3,6-10H2,(H2,18,21,22)(H,19,20,24). The molecule has 7 heteroatoms. The molecule has 7 nitrogen and oxygen atoms in total. The number of benzene rings is 1. The lowest BCUT2D eigenvalue weighted by atomic mass is 10.00. The van der Waals surface area contributed by atoms with E-state index >= 15 is 0 Å². The predicted molar refractivity (Wildman–Crippen MR) is 91.9 cm³/mol. The molecular formula is C17H20N6O. The van der Waals surface area contributed by atoms with E-state index in [1.807, 2.05) is 0 Å². The van der Waals surface area contributed by atoms with Crippen molar-refractivity contribution < 1.29 is 5.11 Å². The molecule has 0 bridgehead atoms. The molecule has 0 saturated heterocycles. The van der Waals surface area contributed by atoms with E-state index < -0.39 is 0 Å². The number of aromatic amines is 1. The number of anilines is 1. The summed E-state index contributed by atoms with van der Waals surface area (Å²) in [6.45, 7) is 4.00. The van der Waals surface area contributed by atoms with E-state index in [0.717, 1.165) is 39.0 Å². The zero-order valence-corrected chi connectivity index (χ0v) is 13.4. The van der Waals surface area contributed by atoms with Crippen LogP contribution in [0.2, 0.25) is 0 Å². The third-order valence-corrected chi connectivity index (χ3v) is 4.48. The second-order valence-electron chi connectivity index (χ2n) is 6.07. The number of rotatable bonds is 5. The highest BCUT2D eigenvalue weighted by molar-refractivity contribution is 5.88. The maximum absolute atomic E-state index is 9.65. The Balaban J connectivity index is 1.30. The number of H-pyrrole nitrogens is 1. The lowest BCUT2D eigenvalue weighted by Crippen LogP contribution is -2.32. The van der Waals surface area contributed by atoms with Crippen LogP contribution in [0.4, 0.5) is 5.82 Å². The second-order valence-corrected chi connectivity index (χ2v) is 6.07. The summed E-state index contributed by atoms with van der Waals surface area (Å²) < 4.78 is 0. The van der Waals surface area contributed by atoms with Gasteiger partial charge in [-0.15, -0.1) is 0 Å². The van der Waals surface area contributed by atoms with Gasteiger partial charge in [0.25, 0.3) is 0 Å². The predicted octanol–water partition coefficient (Wildman–Crippen LogP) is 1.92. The first-order chi connectivity index (χ1) is 11.8. The van der Waals surface area contributed by atoms with Crippen LogP contribution in [0.25, 0.3) is 11.0 Å². The van der Waals surface area contributed by atoms with Gasteiger partial charge in [0, 0.05) is 26.2 Å². The van der Waals surface area contributed by atoms with Crippen molar-refractivity contribution in [3.8, 4) is 5.88 Å². The average Bonchev–Trinajstić information content (AvgIpc) is 3.03. The summed E-state index contributed by atoms with van der Waals surface area (Å²) in [4.78, 5) is 10.4. The molecule has 1 aromatic carbocycles. The number of aromatic hydroxyl groups is 1. The third kappa shape index (κ3) is 2.90. The molecule has 0 saturated carbocycles. The van der Waals surface area contributed by atoms with Crippen LogP contribution in [0.5, 0.6) is 5.88 Å². The van der Waals surface area contributed by atoms with Crippen molar-refractivity contribution in [3.63, 3.8) is 0 Å². The molecule has 3 heterocycles. The van der Waals surface area contributed by atoms with E-state index in [1.165, 1.54) is 17.5 Å². The molecule has 24 heavy (non-hydrogen) atoms. The highest BCUT2D eigenvalue weighted by Crippen LogP contribution is 2.23. The topological polar surface area (TPSA) is 90.0 Å². The monoisotopic (exact) mass is 324 g/mol. The Morgan fingerprint density at radius 1 is 1.21 bits per heavy atom. The molecule has 0 radical (unpaired) electrons. The maximum atomic E-state index is 9.65. The van der Waals surface area contributed by atoms with Crippen LogP contribution < -0.4 is 5.32 Å². The molecule has 0 fully saturated rings. The van der Waals surface area contributed by atoms with Crippen LogP contribution in [-0.4, -0.2) is 49.8 Å². The highest BCUT2D eigenvalue weighted by atomic mass is 16.3. The van der Waals surface area contributed by atoms with Crippen molar-refractivity contribution in [2.45, 2.75) is 19.4 Å². The Bertz CT molecular complexity index is 846. The molecule has 2 aromatic heterocycles. The number of hydrogen-bond acceptors (Lipinski definition) is 6. The van der Waals surface area contributed by atoms with Crippen LogP contribution in [-0.2, 0) is 13.0 Å². The number of fused-ring (bicyclic) bond motifs is 2. The first-order valence-electron chi connectivity index (χ1n) is 8.22. The Kier molecular flexibility index (Phi) is 4.00. The molecule has 4 rings (SSSR count). The van der Waals surface area contributed by atoms with E-state index in [2.05, 4.69) is 54.6 Å². The molecule has 0 spiro atoms. The molecule has 124 valence electrons. The lowest BCUT2D eigenvalue weighted by Gasteiger charge is -2.28. The normalized spacial score (nSPS) is 14.7. The molecule has 0 amide bonds. The minimum Gasteiger partial charge on any atom is -0.492 e. The first kappa shape index (κ1) is 14.9. The largest absolute Gasteiger partial charge is 0.492 e. The van der Waals surface area contributed by atoms with Gasteiger partial charge in [0.2, 0.25) is 5.88 Å². The van der Waals surface area contributed by atoms with Crippen molar-refractivity contribution in [2.24, 2.45) is 0 Å². The summed E-state index contributed by atoms with van der Waals surface area (Å²) in [6.07, 6.45) is 3.49. The SMILES string of the molecule is Oc1ncnc2c(NCCCN3CCc4ccccc4C3)n[nH]c12. The average molecular weight is 324 g/mol. The second kappa shape index (κ2) is 6.45. The summed E-state index contributed by atoms with van der Waals surface area (Å²) >= 11 is 0. The van der Waals surface area contributed by atoms with Gasteiger partial charge in [-0.1, -0.05) is 24.3 Å². The Hall–Kier alpha value is -2.67. The van der Waals surface area contributed by atoms with Crippen LogP contribution in [0.3, 0.4) is 0 Å². The highest BCUT2D eigenvalue weighted by Gasteiger charge is 2.15. The van der Waals surface area contributed by atoms with E-state index in [-0.39, 0.29) is 5.88 Å². The fraction of sp³-hybridized carbons (Fsp3) is 0.353. The van der Waals surface area contributed by atoms with Gasteiger partial charge in [0.1, 0.15) is 17.4 Å². The van der Waals surface area contributed by atoms with E-state index in [1.54, 1.807) is 0 Å². The molecule has 3 N–H and O–H groups in total. The molecule has 3 aromatic rings. The van der Waals surface area contributed by atoms with Crippen LogP contribution in [0, 0.1) is 0 Å². The van der Waals surface area contributed by atoms with Crippen molar-refractivity contribution in [1.29, 1.82) is 0 Å². The van der Waals surface area contributed by atoms with E-state index in [9.17, 15) is 5.11 Å². The zero-order valence-electron chi connectivity index (χ0n) is 13.4. The van der Waals surface area contributed by atoms with Gasteiger partial charge in [0.05, 0.1) is 0 Å². The molecule has 0 unspecified atom stereocenters. The zero-order chi connectivity index (χ0) is 16.4. The minimum atomic E-state index is -0.0764. The third-order valence-electron chi connectivity index (χ3n) is 4.48. The van der Waals surface area contributed by atoms with Gasteiger partial charge in [-0.3, -0.25) is 10.00 Å². The maximum Gasteiger partial charge on any atom is 0.240 e. The number of hydrogen-bond donors (Lipinski definition) is 3. The molecule has 1 aliphatic heterocycles. The summed E-state index contributed by atoms with van der Waals surface area (Å²) in [5, 5.41) is 19.9. The quantitative estimate of drug-likeness (QED) is 0.621. The number of nitrogens with one attached hydrogen (secondary N) is 2. The van der Waals surface area contributed by atoms with Crippen molar-refractivity contribution in [1.82, 2.24) is 25.1 Å². The van der Waals surface area contributed by atoms with Crippen molar-refractivity contribution >= 4 is 16.9 Å². The van der Waals surface area contributed by atoms with E-state index in [4.69, 9.17) is 0 Å². The summed E-state index contributed by atoms with van der Waals surface area (Å²) in [7, 11) is 0. The Morgan fingerprint density at radius 2 is 2.08 bits per heavy atom. The van der Waals surface area contributed by atoms with Gasteiger partial charge >= 0.3 is 0 Å². The van der Waals surface area contributed by atoms with Gasteiger partial charge in [-0.2, -0.15) is 5.10 Å². The molecule has 0 aliphatic carbocycles. The summed E-state index contributed by atoms with van der Waals surface area (Å²) in [6, 6.07) is 8.69. The molecular weight excluding hydrogens is 304 g/mol.